The quantitative estimate of drug-likeness (QED) is 0.782. The fourth-order valence-electron chi connectivity index (χ4n) is 2.59. The van der Waals surface area contributed by atoms with Crippen molar-refractivity contribution < 1.29 is 0 Å². The van der Waals surface area contributed by atoms with Crippen LogP contribution in [-0.2, 0) is 6.42 Å². The zero-order valence-corrected chi connectivity index (χ0v) is 12.5. The molecule has 2 nitrogen and oxygen atoms in total. The second-order valence-corrected chi connectivity index (χ2v) is 5.69. The van der Waals surface area contributed by atoms with Gasteiger partial charge in [0, 0.05) is 17.6 Å². The molecule has 0 bridgehead atoms. The fraction of sp³-hybridized carbons (Fsp3) is 0.211. The Morgan fingerprint density at radius 1 is 1.00 bits per heavy atom. The summed E-state index contributed by atoms with van der Waals surface area (Å²) in [6, 6.07) is 16.8. The van der Waals surface area contributed by atoms with E-state index in [0.717, 1.165) is 22.9 Å². The second-order valence-electron chi connectivity index (χ2n) is 5.69. The van der Waals surface area contributed by atoms with E-state index < -0.39 is 0 Å². The van der Waals surface area contributed by atoms with Gasteiger partial charge >= 0.3 is 0 Å². The molecule has 2 N–H and O–H groups in total. The van der Waals surface area contributed by atoms with Gasteiger partial charge < -0.3 is 5.73 Å². The number of pyridine rings is 1. The molecule has 0 amide bonds. The van der Waals surface area contributed by atoms with Crippen molar-refractivity contribution in [3.05, 3.63) is 77.0 Å². The summed E-state index contributed by atoms with van der Waals surface area (Å²) in [5.74, 6) is 0. The van der Waals surface area contributed by atoms with Crippen LogP contribution in [-0.4, -0.2) is 4.98 Å². The van der Waals surface area contributed by atoms with Crippen LogP contribution in [0.4, 0.5) is 0 Å². The number of para-hydroxylation sites is 1. The van der Waals surface area contributed by atoms with Gasteiger partial charge in [0.2, 0.25) is 0 Å². The first-order chi connectivity index (χ1) is 10.1. The fourth-order valence-corrected chi connectivity index (χ4v) is 2.59. The van der Waals surface area contributed by atoms with Crippen molar-refractivity contribution in [3.8, 4) is 0 Å². The van der Waals surface area contributed by atoms with Crippen molar-refractivity contribution >= 4 is 10.9 Å². The zero-order valence-electron chi connectivity index (χ0n) is 12.5. The van der Waals surface area contributed by atoms with Crippen molar-refractivity contribution in [1.29, 1.82) is 0 Å². The molecule has 106 valence electrons. The lowest BCUT2D eigenvalue weighted by atomic mass is 9.97. The molecule has 0 aliphatic carbocycles. The van der Waals surface area contributed by atoms with Gasteiger partial charge in [-0.05, 0) is 54.7 Å². The van der Waals surface area contributed by atoms with Crippen LogP contribution in [0, 0.1) is 13.8 Å². The number of hydrogen-bond acceptors (Lipinski definition) is 2. The van der Waals surface area contributed by atoms with Crippen LogP contribution >= 0.6 is 0 Å². The first kappa shape index (κ1) is 13.8. The van der Waals surface area contributed by atoms with Gasteiger partial charge in [-0.25, -0.2) is 0 Å². The second kappa shape index (κ2) is 5.66. The smallest absolute Gasteiger partial charge is 0.0702 e. The van der Waals surface area contributed by atoms with Crippen molar-refractivity contribution in [1.82, 2.24) is 4.98 Å². The van der Waals surface area contributed by atoms with Crippen LogP contribution in [0.2, 0.25) is 0 Å². The first-order valence-corrected chi connectivity index (χ1v) is 7.30. The lowest BCUT2D eigenvalue weighted by Crippen LogP contribution is -2.13. The van der Waals surface area contributed by atoms with Gasteiger partial charge in [-0.1, -0.05) is 36.4 Å². The highest BCUT2D eigenvalue weighted by Crippen LogP contribution is 2.21. The Labute approximate surface area is 125 Å². The Balaban J connectivity index is 1.85. The lowest BCUT2D eigenvalue weighted by molar-refractivity contribution is 0.719. The van der Waals surface area contributed by atoms with E-state index in [1.807, 2.05) is 24.4 Å². The van der Waals surface area contributed by atoms with Crippen LogP contribution in [0.25, 0.3) is 10.9 Å². The Hall–Kier alpha value is -2.19. The minimum atomic E-state index is -0.0239. The van der Waals surface area contributed by atoms with E-state index in [1.54, 1.807) is 0 Å². The molecular weight excluding hydrogens is 256 g/mol. The highest BCUT2D eigenvalue weighted by atomic mass is 14.7. The molecule has 0 saturated carbocycles. The molecule has 1 atom stereocenters. The maximum atomic E-state index is 6.37. The molecule has 1 heterocycles. The van der Waals surface area contributed by atoms with Crippen LogP contribution in [0.3, 0.4) is 0 Å². The average Bonchev–Trinajstić information content (AvgIpc) is 2.50. The standard InChI is InChI=1S/C19H20N2/c1-13-7-8-15(9-14(13)2)10-18(20)17-11-16-5-3-4-6-19(16)21-12-17/h3-9,11-12,18H,10,20H2,1-2H3. The van der Waals surface area contributed by atoms with E-state index >= 15 is 0 Å². The molecule has 0 spiro atoms. The van der Waals surface area contributed by atoms with E-state index in [9.17, 15) is 0 Å². The summed E-state index contributed by atoms with van der Waals surface area (Å²) in [6.45, 7) is 4.27. The minimum absolute atomic E-state index is 0.0239. The molecule has 0 radical (unpaired) electrons. The number of rotatable bonds is 3. The molecule has 3 aromatic rings. The monoisotopic (exact) mass is 276 g/mol. The van der Waals surface area contributed by atoms with Crippen molar-refractivity contribution in [2.24, 2.45) is 5.73 Å². The van der Waals surface area contributed by atoms with Gasteiger partial charge in [0.15, 0.2) is 0 Å². The first-order valence-electron chi connectivity index (χ1n) is 7.30. The largest absolute Gasteiger partial charge is 0.324 e. The molecule has 1 unspecified atom stereocenters. The molecule has 0 saturated heterocycles. The Bertz CT molecular complexity index is 777. The molecule has 0 aliphatic rings. The summed E-state index contributed by atoms with van der Waals surface area (Å²) in [6.07, 6.45) is 2.73. The molecule has 2 aromatic carbocycles. The van der Waals surface area contributed by atoms with Gasteiger partial charge in [-0.3, -0.25) is 4.98 Å². The number of aromatic nitrogens is 1. The van der Waals surface area contributed by atoms with Gasteiger partial charge in [-0.15, -0.1) is 0 Å². The van der Waals surface area contributed by atoms with E-state index in [0.29, 0.717) is 0 Å². The third kappa shape index (κ3) is 2.96. The summed E-state index contributed by atoms with van der Waals surface area (Å²) in [7, 11) is 0. The zero-order chi connectivity index (χ0) is 14.8. The SMILES string of the molecule is Cc1ccc(CC(N)c2cnc3ccccc3c2)cc1C. The number of nitrogens with two attached hydrogens (primary N) is 1. The summed E-state index contributed by atoms with van der Waals surface area (Å²) >= 11 is 0. The number of fused-ring (bicyclic) bond motifs is 1. The maximum Gasteiger partial charge on any atom is 0.0702 e. The van der Waals surface area contributed by atoms with E-state index in [1.165, 1.54) is 16.7 Å². The molecular formula is C19H20N2. The Morgan fingerprint density at radius 2 is 1.81 bits per heavy atom. The average molecular weight is 276 g/mol. The summed E-state index contributed by atoms with van der Waals surface area (Å²) in [5.41, 5.74) is 12.4. The Morgan fingerprint density at radius 3 is 2.62 bits per heavy atom. The van der Waals surface area contributed by atoms with Crippen LogP contribution in [0.1, 0.15) is 28.3 Å². The van der Waals surface area contributed by atoms with E-state index in [2.05, 4.69) is 49.2 Å². The number of nitrogens with zero attached hydrogens (tertiary/aromatic N) is 1. The maximum absolute atomic E-state index is 6.37. The minimum Gasteiger partial charge on any atom is -0.324 e. The van der Waals surface area contributed by atoms with Crippen molar-refractivity contribution in [3.63, 3.8) is 0 Å². The molecule has 0 aliphatic heterocycles. The predicted octanol–water partition coefficient (Wildman–Crippen LogP) is 4.09. The molecule has 3 rings (SSSR count). The van der Waals surface area contributed by atoms with E-state index in [-0.39, 0.29) is 6.04 Å². The summed E-state index contributed by atoms with van der Waals surface area (Å²) in [4.78, 5) is 4.50. The molecule has 0 fully saturated rings. The van der Waals surface area contributed by atoms with Gasteiger partial charge in [0.05, 0.1) is 5.52 Å². The van der Waals surface area contributed by atoms with E-state index in [4.69, 9.17) is 5.73 Å². The molecule has 1 aromatic heterocycles. The molecule has 21 heavy (non-hydrogen) atoms. The number of aryl methyl sites for hydroxylation is 2. The van der Waals surface area contributed by atoms with Gasteiger partial charge in [0.1, 0.15) is 0 Å². The third-order valence-corrected chi connectivity index (χ3v) is 4.07. The van der Waals surface area contributed by atoms with Gasteiger partial charge in [-0.2, -0.15) is 0 Å². The van der Waals surface area contributed by atoms with Crippen LogP contribution in [0.5, 0.6) is 0 Å². The summed E-state index contributed by atoms with van der Waals surface area (Å²) in [5, 5.41) is 1.14. The van der Waals surface area contributed by atoms with Crippen molar-refractivity contribution in [2.45, 2.75) is 26.3 Å². The summed E-state index contributed by atoms with van der Waals surface area (Å²) < 4.78 is 0. The van der Waals surface area contributed by atoms with Crippen molar-refractivity contribution in [2.75, 3.05) is 0 Å². The number of hydrogen-bond donors (Lipinski definition) is 1. The third-order valence-electron chi connectivity index (χ3n) is 4.07. The van der Waals surface area contributed by atoms with Gasteiger partial charge in [0.25, 0.3) is 0 Å². The lowest BCUT2D eigenvalue weighted by Gasteiger charge is -2.13. The number of benzene rings is 2. The van der Waals surface area contributed by atoms with Crippen LogP contribution < -0.4 is 5.73 Å². The normalized spacial score (nSPS) is 12.5. The highest BCUT2D eigenvalue weighted by Gasteiger charge is 2.09. The highest BCUT2D eigenvalue weighted by molar-refractivity contribution is 5.78. The predicted molar refractivity (Wildman–Crippen MR) is 88.3 cm³/mol. The molecule has 2 heteroatoms. The Kier molecular flexibility index (Phi) is 3.72. The van der Waals surface area contributed by atoms with Crippen LogP contribution in [0.15, 0.2) is 54.7 Å². The topological polar surface area (TPSA) is 38.9 Å².